The Morgan fingerprint density at radius 1 is 1.09 bits per heavy atom. The van der Waals surface area contributed by atoms with Gasteiger partial charge >= 0.3 is 12.1 Å². The van der Waals surface area contributed by atoms with Crippen LogP contribution < -0.4 is 10.6 Å². The van der Waals surface area contributed by atoms with E-state index in [9.17, 15) is 19.5 Å². The van der Waals surface area contributed by atoms with Crippen LogP contribution >= 0.6 is 0 Å². The van der Waals surface area contributed by atoms with Crippen LogP contribution in [0.1, 0.15) is 49.7 Å². The van der Waals surface area contributed by atoms with Crippen LogP contribution in [-0.4, -0.2) is 41.8 Å². The van der Waals surface area contributed by atoms with E-state index in [2.05, 4.69) is 46.7 Å². The second kappa shape index (κ2) is 9.10. The molecule has 2 saturated carbocycles. The first kappa shape index (κ1) is 23.0. The van der Waals surface area contributed by atoms with E-state index in [0.717, 1.165) is 11.1 Å². The van der Waals surface area contributed by atoms with Crippen molar-refractivity contribution in [3.63, 3.8) is 0 Å². The minimum atomic E-state index is -1.10. The zero-order valence-corrected chi connectivity index (χ0v) is 19.5. The number of aliphatic carboxylic acids is 1. The van der Waals surface area contributed by atoms with Crippen LogP contribution in [0.2, 0.25) is 0 Å². The first-order valence-electron chi connectivity index (χ1n) is 12.0. The Balaban J connectivity index is 1.16. The number of nitrogens with one attached hydrogen (secondary N) is 2. The number of alkyl carbamates (subject to hydrolysis) is 1. The molecule has 0 radical (unpaired) electrons. The first-order valence-corrected chi connectivity index (χ1v) is 12.0. The summed E-state index contributed by atoms with van der Waals surface area (Å²) in [5, 5.41) is 14.9. The third-order valence-corrected chi connectivity index (χ3v) is 7.62. The molecule has 1 unspecified atom stereocenters. The molecule has 7 heteroatoms. The van der Waals surface area contributed by atoms with E-state index in [1.807, 2.05) is 24.3 Å². The van der Waals surface area contributed by atoms with Crippen LogP contribution in [0, 0.1) is 23.2 Å². The lowest BCUT2D eigenvalue weighted by molar-refractivity contribution is -0.142. The van der Waals surface area contributed by atoms with Gasteiger partial charge in [0.2, 0.25) is 5.91 Å². The summed E-state index contributed by atoms with van der Waals surface area (Å²) in [6.45, 7) is 1.87. The van der Waals surface area contributed by atoms with Gasteiger partial charge in [-0.25, -0.2) is 9.59 Å². The van der Waals surface area contributed by atoms with Gasteiger partial charge in [0, 0.05) is 18.4 Å². The van der Waals surface area contributed by atoms with E-state index in [4.69, 9.17) is 4.74 Å². The number of hydrogen-bond donors (Lipinski definition) is 3. The quantitative estimate of drug-likeness (QED) is 0.534. The Hall–Kier alpha value is -3.79. The van der Waals surface area contributed by atoms with Crippen molar-refractivity contribution in [3.05, 3.63) is 59.7 Å². The van der Waals surface area contributed by atoms with Gasteiger partial charge in [0.15, 0.2) is 0 Å². The fourth-order valence-electron chi connectivity index (χ4n) is 5.80. The minimum Gasteiger partial charge on any atom is -0.480 e. The summed E-state index contributed by atoms with van der Waals surface area (Å²) in [4.78, 5) is 37.0. The summed E-state index contributed by atoms with van der Waals surface area (Å²) >= 11 is 0. The third-order valence-electron chi connectivity index (χ3n) is 7.62. The molecule has 0 aromatic heterocycles. The number of carbonyl (C=O) groups is 3. The van der Waals surface area contributed by atoms with Gasteiger partial charge in [0.25, 0.3) is 0 Å². The zero-order valence-electron chi connectivity index (χ0n) is 19.5. The molecular formula is C28H28N2O5. The van der Waals surface area contributed by atoms with Crippen molar-refractivity contribution in [2.45, 2.75) is 50.6 Å². The highest BCUT2D eigenvalue weighted by Crippen LogP contribution is 2.63. The van der Waals surface area contributed by atoms with Crippen molar-refractivity contribution < 1.29 is 24.2 Å². The smallest absolute Gasteiger partial charge is 0.407 e. The summed E-state index contributed by atoms with van der Waals surface area (Å²) in [5.74, 6) is 4.16. The van der Waals surface area contributed by atoms with Crippen molar-refractivity contribution in [1.82, 2.24) is 10.6 Å². The van der Waals surface area contributed by atoms with E-state index in [-0.39, 0.29) is 36.8 Å². The molecule has 3 aliphatic rings. The average molecular weight is 473 g/mol. The minimum absolute atomic E-state index is 0.0126. The van der Waals surface area contributed by atoms with Gasteiger partial charge in [0.05, 0.1) is 5.41 Å². The van der Waals surface area contributed by atoms with Crippen LogP contribution in [0.5, 0.6) is 0 Å². The monoisotopic (exact) mass is 472 g/mol. The van der Waals surface area contributed by atoms with Crippen LogP contribution in [0.4, 0.5) is 4.79 Å². The summed E-state index contributed by atoms with van der Waals surface area (Å²) in [6.07, 6.45) is 1.46. The number of carboxylic acid groups (broad SMARTS) is 1. The molecule has 3 N–H and O–H groups in total. The van der Waals surface area contributed by atoms with Crippen LogP contribution in [0.15, 0.2) is 48.5 Å². The summed E-state index contributed by atoms with van der Waals surface area (Å²) in [5.41, 5.74) is 4.05. The molecule has 2 aromatic carbocycles. The molecule has 3 aliphatic carbocycles. The van der Waals surface area contributed by atoms with Gasteiger partial charge in [-0.1, -0.05) is 48.5 Å². The maximum absolute atomic E-state index is 12.9. The number of hydrogen-bond acceptors (Lipinski definition) is 4. The largest absolute Gasteiger partial charge is 0.480 e. The fourth-order valence-corrected chi connectivity index (χ4v) is 5.80. The van der Waals surface area contributed by atoms with E-state index in [0.29, 0.717) is 19.3 Å². The number of carboxylic acids is 1. The predicted octanol–water partition coefficient (Wildman–Crippen LogP) is 3.68. The molecule has 7 nitrogen and oxygen atoms in total. The summed E-state index contributed by atoms with van der Waals surface area (Å²) in [7, 11) is 0. The zero-order chi connectivity index (χ0) is 24.6. The maximum atomic E-state index is 12.9. The lowest BCUT2D eigenvalue weighted by Gasteiger charge is -2.20. The van der Waals surface area contributed by atoms with Gasteiger partial charge < -0.3 is 20.5 Å². The lowest BCUT2D eigenvalue weighted by Crippen LogP contribution is -2.45. The second-order valence-electron chi connectivity index (χ2n) is 9.66. The maximum Gasteiger partial charge on any atom is 0.407 e. The number of ether oxygens (including phenoxy) is 1. The number of amides is 2. The molecule has 0 heterocycles. The van der Waals surface area contributed by atoms with Crippen LogP contribution in [-0.2, 0) is 14.3 Å². The molecule has 0 spiro atoms. The molecular weight excluding hydrogens is 444 g/mol. The standard InChI is InChI=1S/C28H28N2O5/c1-2-3-12-24(25(31)32)30-26(33)28-14-17(28)13-18(15-28)29-27(34)35-16-23-21-10-6-4-8-19(21)20-9-5-7-11-22(20)23/h4-11,17-18,23-24H,12-16H2,1H3,(H,29,34)(H,30,33)(H,31,32)/t17-,18+,24?,28+/m0/s1. The molecule has 2 fully saturated rings. The average Bonchev–Trinajstić information content (AvgIpc) is 3.28. The van der Waals surface area contributed by atoms with Crippen LogP contribution in [0.3, 0.4) is 0 Å². The summed E-state index contributed by atoms with van der Waals surface area (Å²) in [6, 6.07) is 15.1. The highest BCUT2D eigenvalue weighted by molar-refractivity contribution is 5.90. The molecule has 180 valence electrons. The molecule has 2 amide bonds. The highest BCUT2D eigenvalue weighted by atomic mass is 16.5. The summed E-state index contributed by atoms with van der Waals surface area (Å²) < 4.78 is 5.64. The molecule has 2 aromatic rings. The second-order valence-corrected chi connectivity index (χ2v) is 9.66. The molecule has 0 bridgehead atoms. The molecule has 5 rings (SSSR count). The van der Waals surface area contributed by atoms with E-state index in [1.54, 1.807) is 6.92 Å². The molecule has 0 saturated heterocycles. The van der Waals surface area contributed by atoms with Crippen molar-refractivity contribution in [3.8, 4) is 23.0 Å². The lowest BCUT2D eigenvalue weighted by atomic mass is 9.98. The van der Waals surface area contributed by atoms with Crippen molar-refractivity contribution >= 4 is 18.0 Å². The van der Waals surface area contributed by atoms with Crippen molar-refractivity contribution in [2.24, 2.45) is 11.3 Å². The van der Waals surface area contributed by atoms with E-state index < -0.39 is 23.5 Å². The SMILES string of the molecule is CC#CCC(NC(=O)[C@]12C[C@H](NC(=O)OCC3c4ccccc4-c4ccccc43)C[C@H]1C2)C(=O)O. The Kier molecular flexibility index (Phi) is 5.98. The van der Waals surface area contributed by atoms with Crippen molar-refractivity contribution in [1.29, 1.82) is 0 Å². The fraction of sp³-hybridized carbons (Fsp3) is 0.393. The number of fused-ring (bicyclic) bond motifs is 4. The van der Waals surface area contributed by atoms with Gasteiger partial charge in [-0.05, 0) is 54.4 Å². The topological polar surface area (TPSA) is 105 Å². The Labute approximate surface area is 204 Å². The van der Waals surface area contributed by atoms with E-state index in [1.165, 1.54) is 11.1 Å². The predicted molar refractivity (Wildman–Crippen MR) is 129 cm³/mol. The van der Waals surface area contributed by atoms with Gasteiger partial charge in [-0.3, -0.25) is 4.79 Å². The normalized spacial score (nSPS) is 24.1. The van der Waals surface area contributed by atoms with Gasteiger partial charge in [0.1, 0.15) is 12.6 Å². The number of benzene rings is 2. The Bertz CT molecular complexity index is 1200. The third kappa shape index (κ3) is 4.25. The van der Waals surface area contributed by atoms with Crippen molar-refractivity contribution in [2.75, 3.05) is 6.61 Å². The van der Waals surface area contributed by atoms with E-state index >= 15 is 0 Å². The molecule has 4 atom stereocenters. The Morgan fingerprint density at radius 2 is 1.74 bits per heavy atom. The van der Waals surface area contributed by atoms with Crippen LogP contribution in [0.25, 0.3) is 11.1 Å². The van der Waals surface area contributed by atoms with Gasteiger partial charge in [-0.2, -0.15) is 0 Å². The highest BCUT2D eigenvalue weighted by Gasteiger charge is 2.65. The number of carbonyl (C=O) groups excluding carboxylic acids is 2. The first-order chi connectivity index (χ1) is 16.9. The molecule has 0 aliphatic heterocycles. The molecule has 35 heavy (non-hydrogen) atoms. The Morgan fingerprint density at radius 3 is 2.37 bits per heavy atom. The number of rotatable bonds is 7. The van der Waals surface area contributed by atoms with Gasteiger partial charge in [-0.15, -0.1) is 11.8 Å².